The van der Waals surface area contributed by atoms with Crippen LogP contribution in [-0.4, -0.2) is 35.7 Å². The Morgan fingerprint density at radius 3 is 2.96 bits per heavy atom. The number of nitrogens with zero attached hydrogens (tertiary/aromatic N) is 1. The van der Waals surface area contributed by atoms with Crippen molar-refractivity contribution in [2.24, 2.45) is 0 Å². The summed E-state index contributed by atoms with van der Waals surface area (Å²) in [5.74, 6) is 1.89. The summed E-state index contributed by atoms with van der Waals surface area (Å²) in [5, 5.41) is 3.30. The molecule has 1 amide bonds. The van der Waals surface area contributed by atoms with Gasteiger partial charge in [0.25, 0.3) is 0 Å². The zero-order valence-electron chi connectivity index (χ0n) is 13.6. The lowest BCUT2D eigenvalue weighted by Crippen LogP contribution is -2.61. The Kier molecular flexibility index (Phi) is 3.68. The molecule has 4 rings (SSSR count). The lowest BCUT2D eigenvalue weighted by Gasteiger charge is -2.48. The van der Waals surface area contributed by atoms with E-state index in [4.69, 9.17) is 9.47 Å². The van der Waals surface area contributed by atoms with Crippen molar-refractivity contribution in [1.82, 2.24) is 10.2 Å². The maximum atomic E-state index is 11.8. The van der Waals surface area contributed by atoms with Gasteiger partial charge >= 0.3 is 0 Å². The van der Waals surface area contributed by atoms with Crippen LogP contribution in [0.5, 0.6) is 11.5 Å². The minimum atomic E-state index is -0.0135. The van der Waals surface area contributed by atoms with Crippen LogP contribution in [0.3, 0.4) is 0 Å². The summed E-state index contributed by atoms with van der Waals surface area (Å²) in [6, 6.07) is 6.61. The molecule has 0 bridgehead atoms. The molecule has 0 aromatic heterocycles. The van der Waals surface area contributed by atoms with E-state index in [0.717, 1.165) is 50.3 Å². The largest absolute Gasteiger partial charge is 0.454 e. The summed E-state index contributed by atoms with van der Waals surface area (Å²) in [4.78, 5) is 14.3. The highest BCUT2D eigenvalue weighted by molar-refractivity contribution is 5.79. The highest BCUT2D eigenvalue weighted by atomic mass is 16.7. The monoisotopic (exact) mass is 316 g/mol. The second-order valence-corrected chi connectivity index (χ2v) is 6.89. The van der Waals surface area contributed by atoms with Gasteiger partial charge in [-0.3, -0.25) is 9.69 Å². The Balaban J connectivity index is 1.54. The minimum Gasteiger partial charge on any atom is -0.454 e. The number of benzene rings is 1. The van der Waals surface area contributed by atoms with E-state index in [2.05, 4.69) is 29.3 Å². The molecule has 5 heteroatoms. The molecule has 1 spiro atoms. The Bertz CT molecular complexity index is 618. The maximum Gasteiger partial charge on any atom is 0.231 e. The summed E-state index contributed by atoms with van der Waals surface area (Å²) < 4.78 is 10.9. The minimum absolute atomic E-state index is 0.0135. The smallest absolute Gasteiger partial charge is 0.231 e. The molecular weight excluding hydrogens is 292 g/mol. The van der Waals surface area contributed by atoms with Crippen LogP contribution in [0.1, 0.15) is 44.6 Å². The third-order valence-corrected chi connectivity index (χ3v) is 5.54. The molecule has 2 fully saturated rings. The van der Waals surface area contributed by atoms with Crippen molar-refractivity contribution in [1.29, 1.82) is 0 Å². The lowest BCUT2D eigenvalue weighted by atomic mass is 9.78. The number of fused-ring (bicyclic) bond motifs is 1. The van der Waals surface area contributed by atoms with Crippen LogP contribution < -0.4 is 14.8 Å². The number of hydrogen-bond acceptors (Lipinski definition) is 4. The van der Waals surface area contributed by atoms with E-state index in [1.807, 2.05) is 6.07 Å². The van der Waals surface area contributed by atoms with Crippen LogP contribution in [0.15, 0.2) is 18.2 Å². The van der Waals surface area contributed by atoms with Gasteiger partial charge in [-0.1, -0.05) is 13.0 Å². The van der Waals surface area contributed by atoms with E-state index < -0.39 is 0 Å². The van der Waals surface area contributed by atoms with Gasteiger partial charge < -0.3 is 14.8 Å². The van der Waals surface area contributed by atoms with E-state index >= 15 is 0 Å². The Labute approximate surface area is 136 Å². The van der Waals surface area contributed by atoms with Crippen LogP contribution in [0.25, 0.3) is 0 Å². The van der Waals surface area contributed by atoms with Gasteiger partial charge in [0.05, 0.1) is 5.54 Å². The predicted octanol–water partition coefficient (Wildman–Crippen LogP) is 2.44. The Morgan fingerprint density at radius 1 is 1.30 bits per heavy atom. The molecule has 1 aromatic carbocycles. The van der Waals surface area contributed by atoms with E-state index in [0.29, 0.717) is 19.3 Å². The zero-order chi connectivity index (χ0) is 15.9. The van der Waals surface area contributed by atoms with Crippen molar-refractivity contribution in [3.05, 3.63) is 23.8 Å². The third kappa shape index (κ3) is 2.57. The number of nitrogens with one attached hydrogen (secondary N) is 1. The molecule has 23 heavy (non-hydrogen) atoms. The maximum absolute atomic E-state index is 11.8. The number of carbonyl (C=O) groups excluding carboxylic acids is 1. The van der Waals surface area contributed by atoms with Gasteiger partial charge in [-0.2, -0.15) is 0 Å². The molecule has 124 valence electrons. The quantitative estimate of drug-likeness (QED) is 0.930. The number of rotatable bonds is 3. The van der Waals surface area contributed by atoms with Crippen molar-refractivity contribution < 1.29 is 14.3 Å². The van der Waals surface area contributed by atoms with Crippen LogP contribution in [0.4, 0.5) is 0 Å². The second kappa shape index (κ2) is 5.71. The number of amides is 1. The van der Waals surface area contributed by atoms with Crippen molar-refractivity contribution in [2.45, 2.75) is 57.2 Å². The fourth-order valence-electron chi connectivity index (χ4n) is 4.56. The van der Waals surface area contributed by atoms with E-state index in [-0.39, 0.29) is 11.4 Å². The molecule has 2 saturated heterocycles. The van der Waals surface area contributed by atoms with Crippen LogP contribution in [0.2, 0.25) is 0 Å². The van der Waals surface area contributed by atoms with Gasteiger partial charge in [0.1, 0.15) is 0 Å². The number of piperidine rings is 1. The van der Waals surface area contributed by atoms with Crippen molar-refractivity contribution in [3.63, 3.8) is 0 Å². The van der Waals surface area contributed by atoms with Gasteiger partial charge in [-0.25, -0.2) is 0 Å². The van der Waals surface area contributed by atoms with Gasteiger partial charge in [0, 0.05) is 19.0 Å². The molecule has 3 heterocycles. The van der Waals surface area contributed by atoms with Crippen molar-refractivity contribution >= 4 is 5.91 Å². The molecule has 1 aromatic rings. The van der Waals surface area contributed by atoms with Gasteiger partial charge in [0.15, 0.2) is 11.5 Å². The molecule has 3 aliphatic heterocycles. The molecular formula is C18H24N2O3. The van der Waals surface area contributed by atoms with Crippen LogP contribution in [0, 0.1) is 0 Å². The van der Waals surface area contributed by atoms with Crippen molar-refractivity contribution in [3.8, 4) is 11.5 Å². The summed E-state index contributed by atoms with van der Waals surface area (Å²) in [6.45, 7) is 4.53. The van der Waals surface area contributed by atoms with Crippen LogP contribution in [-0.2, 0) is 11.3 Å². The first kappa shape index (κ1) is 14.8. The first-order valence-corrected chi connectivity index (χ1v) is 8.64. The summed E-state index contributed by atoms with van der Waals surface area (Å²) in [6.07, 6.45) is 4.96. The number of ether oxygens (including phenoxy) is 2. The Morgan fingerprint density at radius 2 is 2.17 bits per heavy atom. The van der Waals surface area contributed by atoms with E-state index in [1.165, 1.54) is 5.56 Å². The molecule has 0 saturated carbocycles. The standard InChI is InChI=1S/C18H24N2O3/c1-2-16-18(8-6-17(21)19-18)7-3-9-20(16)11-13-4-5-14-15(10-13)23-12-22-14/h4-5,10,16H,2-3,6-9,11-12H2,1H3,(H,19,21)/t16-,18-/m0/s1. The summed E-state index contributed by atoms with van der Waals surface area (Å²) in [7, 11) is 0. The van der Waals surface area contributed by atoms with E-state index in [9.17, 15) is 4.79 Å². The molecule has 0 unspecified atom stereocenters. The average Bonchev–Trinajstić information content (AvgIpc) is 3.14. The highest BCUT2D eigenvalue weighted by Gasteiger charge is 2.47. The van der Waals surface area contributed by atoms with Gasteiger partial charge in [-0.15, -0.1) is 0 Å². The first-order valence-electron chi connectivity index (χ1n) is 8.64. The summed E-state index contributed by atoms with van der Waals surface area (Å²) in [5.41, 5.74) is 1.23. The van der Waals surface area contributed by atoms with Gasteiger partial charge in [-0.05, 0) is 49.9 Å². The Hall–Kier alpha value is -1.75. The number of likely N-dealkylation sites (tertiary alicyclic amines) is 1. The van der Waals surface area contributed by atoms with E-state index in [1.54, 1.807) is 0 Å². The SMILES string of the molecule is CC[C@@H]1N(Cc2ccc3c(c2)OCO3)CCC[C@]12CCC(=O)N2. The molecule has 0 aliphatic carbocycles. The normalized spacial score (nSPS) is 30.0. The molecule has 1 N–H and O–H groups in total. The van der Waals surface area contributed by atoms with Gasteiger partial charge in [0.2, 0.25) is 12.7 Å². The average molecular weight is 316 g/mol. The molecule has 2 atom stereocenters. The topological polar surface area (TPSA) is 50.8 Å². The molecule has 0 radical (unpaired) electrons. The fourth-order valence-corrected chi connectivity index (χ4v) is 4.56. The summed E-state index contributed by atoms with van der Waals surface area (Å²) >= 11 is 0. The van der Waals surface area contributed by atoms with Crippen molar-refractivity contribution in [2.75, 3.05) is 13.3 Å². The highest BCUT2D eigenvalue weighted by Crippen LogP contribution is 2.38. The molecule has 3 aliphatic rings. The fraction of sp³-hybridized carbons (Fsp3) is 0.611. The van der Waals surface area contributed by atoms with Crippen LogP contribution >= 0.6 is 0 Å². The first-order chi connectivity index (χ1) is 11.2. The third-order valence-electron chi connectivity index (χ3n) is 5.54. The lowest BCUT2D eigenvalue weighted by molar-refractivity contribution is -0.120. The predicted molar refractivity (Wildman–Crippen MR) is 86.4 cm³/mol. The second-order valence-electron chi connectivity index (χ2n) is 6.89. The number of hydrogen-bond donors (Lipinski definition) is 1. The number of carbonyl (C=O) groups is 1. The molecule has 5 nitrogen and oxygen atoms in total. The zero-order valence-corrected chi connectivity index (χ0v) is 13.6.